The van der Waals surface area contributed by atoms with Crippen LogP contribution in [0.25, 0.3) is 0 Å². The number of rotatable bonds is 3. The number of halogens is 3. The molecule has 0 aliphatic heterocycles. The van der Waals surface area contributed by atoms with Crippen LogP contribution in [0.15, 0.2) is 47.4 Å². The topological polar surface area (TPSA) is 17.1 Å². The highest BCUT2D eigenvalue weighted by Crippen LogP contribution is 2.18. The molecule has 1 nitrogen and oxygen atoms in total. The molecule has 0 fully saturated rings. The lowest BCUT2D eigenvalue weighted by Crippen LogP contribution is -1.97. The molecule has 0 N–H and O–H groups in total. The minimum absolute atomic E-state index is 0.0234. The van der Waals surface area contributed by atoms with Crippen LogP contribution in [0.1, 0.15) is 5.56 Å². The summed E-state index contributed by atoms with van der Waals surface area (Å²) in [6, 6.07) is 9.80. The quantitative estimate of drug-likeness (QED) is 0.836. The van der Waals surface area contributed by atoms with Crippen LogP contribution in [0.2, 0.25) is 5.02 Å². The van der Waals surface area contributed by atoms with Crippen LogP contribution in [-0.2, 0) is 16.6 Å². The van der Waals surface area contributed by atoms with Gasteiger partial charge in [0, 0.05) is 4.90 Å². The van der Waals surface area contributed by atoms with Crippen molar-refractivity contribution >= 4 is 22.4 Å². The van der Waals surface area contributed by atoms with Crippen molar-refractivity contribution in [2.45, 2.75) is 10.6 Å². The van der Waals surface area contributed by atoms with Crippen LogP contribution in [0.5, 0.6) is 0 Å². The first-order valence-corrected chi connectivity index (χ1v) is 6.84. The minimum Gasteiger partial charge on any atom is -0.254 e. The molecule has 0 spiro atoms. The van der Waals surface area contributed by atoms with E-state index in [-0.39, 0.29) is 10.8 Å². The Bertz CT molecular complexity index is 601. The lowest BCUT2D eigenvalue weighted by Gasteiger charge is -2.04. The second-order valence-corrected chi connectivity index (χ2v) is 5.55. The fourth-order valence-corrected chi connectivity index (χ4v) is 2.71. The van der Waals surface area contributed by atoms with Crippen molar-refractivity contribution in [3.05, 3.63) is 64.7 Å². The standard InChI is InChI=1S/C13H9ClF2OS/c14-12-5-4-9(6-13(12)16)8-18(17)11-3-1-2-10(15)7-11/h1-7H,8H2. The zero-order valence-electron chi connectivity index (χ0n) is 9.20. The van der Waals surface area contributed by atoms with Gasteiger partial charge in [0.15, 0.2) is 0 Å². The molecule has 0 amide bonds. The second kappa shape index (κ2) is 5.59. The van der Waals surface area contributed by atoms with Gasteiger partial charge in [-0.25, -0.2) is 8.78 Å². The van der Waals surface area contributed by atoms with Gasteiger partial charge in [0.25, 0.3) is 0 Å². The molecular formula is C13H9ClF2OS. The third-order valence-corrected chi connectivity index (χ3v) is 4.02. The molecule has 2 aromatic rings. The Hall–Kier alpha value is -1.26. The third-order valence-electron chi connectivity index (χ3n) is 2.34. The summed E-state index contributed by atoms with van der Waals surface area (Å²) in [7, 11) is -1.41. The van der Waals surface area contributed by atoms with Gasteiger partial charge in [0.05, 0.1) is 21.6 Å². The van der Waals surface area contributed by atoms with Crippen LogP contribution < -0.4 is 0 Å². The first-order valence-electron chi connectivity index (χ1n) is 5.14. The van der Waals surface area contributed by atoms with Crippen molar-refractivity contribution in [1.29, 1.82) is 0 Å². The van der Waals surface area contributed by atoms with Crippen molar-refractivity contribution in [3.8, 4) is 0 Å². The van der Waals surface area contributed by atoms with Crippen LogP contribution in [0.3, 0.4) is 0 Å². The van der Waals surface area contributed by atoms with Gasteiger partial charge in [-0.1, -0.05) is 23.7 Å². The fraction of sp³-hybridized carbons (Fsp3) is 0.0769. The Morgan fingerprint density at radius 3 is 2.56 bits per heavy atom. The van der Waals surface area contributed by atoms with Crippen LogP contribution in [0.4, 0.5) is 8.78 Å². The fourth-order valence-electron chi connectivity index (χ4n) is 1.47. The summed E-state index contributed by atoms with van der Waals surface area (Å²) >= 11 is 5.55. The van der Waals surface area contributed by atoms with Gasteiger partial charge >= 0.3 is 0 Å². The molecule has 1 atom stereocenters. The Balaban J connectivity index is 2.18. The molecule has 2 aromatic carbocycles. The van der Waals surface area contributed by atoms with E-state index in [0.717, 1.165) is 0 Å². The van der Waals surface area contributed by atoms with Gasteiger partial charge in [-0.3, -0.25) is 4.21 Å². The molecule has 0 radical (unpaired) electrons. The minimum atomic E-state index is -1.41. The summed E-state index contributed by atoms with van der Waals surface area (Å²) in [6.45, 7) is 0. The average Bonchev–Trinajstić information content (AvgIpc) is 2.34. The monoisotopic (exact) mass is 286 g/mol. The molecular weight excluding hydrogens is 278 g/mol. The molecule has 2 rings (SSSR count). The number of benzene rings is 2. The average molecular weight is 287 g/mol. The van der Waals surface area contributed by atoms with E-state index < -0.39 is 22.4 Å². The van der Waals surface area contributed by atoms with Gasteiger partial charge in [0.1, 0.15) is 11.6 Å². The van der Waals surface area contributed by atoms with E-state index in [1.807, 2.05) is 0 Å². The normalized spacial score (nSPS) is 12.4. The highest BCUT2D eigenvalue weighted by atomic mass is 35.5. The Morgan fingerprint density at radius 2 is 1.89 bits per heavy atom. The van der Waals surface area contributed by atoms with Crippen LogP contribution >= 0.6 is 11.6 Å². The first-order chi connectivity index (χ1) is 8.56. The van der Waals surface area contributed by atoms with E-state index in [0.29, 0.717) is 10.5 Å². The molecule has 1 unspecified atom stereocenters. The third kappa shape index (κ3) is 3.15. The van der Waals surface area contributed by atoms with Crippen molar-refractivity contribution in [2.75, 3.05) is 0 Å². The van der Waals surface area contributed by atoms with E-state index in [4.69, 9.17) is 11.6 Å². The van der Waals surface area contributed by atoms with E-state index in [1.54, 1.807) is 12.1 Å². The van der Waals surface area contributed by atoms with E-state index in [1.165, 1.54) is 30.3 Å². The molecule has 0 aromatic heterocycles. The first kappa shape index (κ1) is 13.2. The maximum absolute atomic E-state index is 13.2. The van der Waals surface area contributed by atoms with Gasteiger partial charge in [-0.05, 0) is 35.9 Å². The van der Waals surface area contributed by atoms with E-state index in [9.17, 15) is 13.0 Å². The zero-order chi connectivity index (χ0) is 13.1. The van der Waals surface area contributed by atoms with E-state index >= 15 is 0 Å². The lowest BCUT2D eigenvalue weighted by molar-refractivity contribution is 0.622. The second-order valence-electron chi connectivity index (χ2n) is 3.70. The van der Waals surface area contributed by atoms with Gasteiger partial charge in [-0.2, -0.15) is 0 Å². The molecule has 94 valence electrons. The molecule has 5 heteroatoms. The van der Waals surface area contributed by atoms with Gasteiger partial charge in [-0.15, -0.1) is 0 Å². The molecule has 0 heterocycles. The predicted octanol–water partition coefficient (Wildman–Crippen LogP) is 3.93. The highest BCUT2D eigenvalue weighted by molar-refractivity contribution is 7.84. The molecule has 0 saturated heterocycles. The van der Waals surface area contributed by atoms with Crippen LogP contribution in [0, 0.1) is 11.6 Å². The molecule has 18 heavy (non-hydrogen) atoms. The Kier molecular flexibility index (Phi) is 4.09. The van der Waals surface area contributed by atoms with Gasteiger partial charge < -0.3 is 0 Å². The molecule has 0 aliphatic rings. The maximum Gasteiger partial charge on any atom is 0.142 e. The molecule has 0 saturated carbocycles. The van der Waals surface area contributed by atoms with Gasteiger partial charge in [0.2, 0.25) is 0 Å². The lowest BCUT2D eigenvalue weighted by atomic mass is 10.2. The summed E-state index contributed by atoms with van der Waals surface area (Å²) < 4.78 is 38.1. The van der Waals surface area contributed by atoms with Crippen molar-refractivity contribution < 1.29 is 13.0 Å². The predicted molar refractivity (Wildman–Crippen MR) is 67.9 cm³/mol. The van der Waals surface area contributed by atoms with Crippen molar-refractivity contribution in [1.82, 2.24) is 0 Å². The van der Waals surface area contributed by atoms with Crippen molar-refractivity contribution in [3.63, 3.8) is 0 Å². The Labute approximate surface area is 111 Å². The summed E-state index contributed by atoms with van der Waals surface area (Å²) in [6.07, 6.45) is 0. The van der Waals surface area contributed by atoms with Crippen LogP contribution in [-0.4, -0.2) is 4.21 Å². The van der Waals surface area contributed by atoms with E-state index in [2.05, 4.69) is 0 Å². The summed E-state index contributed by atoms with van der Waals surface area (Å²) in [5.41, 5.74) is 0.555. The number of hydrogen-bond donors (Lipinski definition) is 0. The van der Waals surface area contributed by atoms with Crippen molar-refractivity contribution in [2.24, 2.45) is 0 Å². The Morgan fingerprint density at radius 1 is 1.11 bits per heavy atom. The smallest absolute Gasteiger partial charge is 0.142 e. The molecule has 0 bridgehead atoms. The number of hydrogen-bond acceptors (Lipinski definition) is 1. The maximum atomic E-state index is 13.2. The largest absolute Gasteiger partial charge is 0.254 e. The summed E-state index contributed by atoms with van der Waals surface area (Å²) in [4.78, 5) is 0.380. The summed E-state index contributed by atoms with van der Waals surface area (Å²) in [5, 5.41) is 0.0234. The SMILES string of the molecule is O=S(Cc1ccc(Cl)c(F)c1)c1cccc(F)c1. The molecule has 0 aliphatic carbocycles. The highest BCUT2D eigenvalue weighted by Gasteiger charge is 2.08. The zero-order valence-corrected chi connectivity index (χ0v) is 10.8. The summed E-state index contributed by atoms with van der Waals surface area (Å²) in [5.74, 6) is -0.870.